The van der Waals surface area contributed by atoms with Crippen LogP contribution >= 0.6 is 15.9 Å². The molecule has 0 amide bonds. The van der Waals surface area contributed by atoms with Gasteiger partial charge in [0, 0.05) is 16.5 Å². The lowest BCUT2D eigenvalue weighted by Gasteiger charge is -2.05. The Bertz CT molecular complexity index is 735. The van der Waals surface area contributed by atoms with Crippen LogP contribution in [-0.2, 0) is 0 Å². The molecule has 1 N–H and O–H groups in total. The summed E-state index contributed by atoms with van der Waals surface area (Å²) in [5.41, 5.74) is 2.06. The Hall–Kier alpha value is -2.07. The van der Waals surface area contributed by atoms with E-state index in [0.717, 1.165) is 10.0 Å². The first-order valence-electron chi connectivity index (χ1n) is 6.60. The van der Waals surface area contributed by atoms with Gasteiger partial charge in [-0.1, -0.05) is 28.1 Å². The fourth-order valence-electron chi connectivity index (χ4n) is 2.31. The summed E-state index contributed by atoms with van der Waals surface area (Å²) in [5.74, 6) is 0.762. The average Bonchev–Trinajstić information content (AvgIpc) is 2.59. The van der Waals surface area contributed by atoms with Crippen LogP contribution < -0.4 is 4.74 Å². The van der Waals surface area contributed by atoms with Crippen molar-refractivity contribution in [1.82, 2.24) is 0 Å². The van der Waals surface area contributed by atoms with E-state index in [-0.39, 0.29) is 11.5 Å². The highest BCUT2D eigenvalue weighted by Gasteiger charge is 2.21. The number of aromatic hydroxyl groups is 1. The van der Waals surface area contributed by atoms with Gasteiger partial charge in [0.25, 0.3) is 0 Å². The van der Waals surface area contributed by atoms with Crippen molar-refractivity contribution in [2.24, 2.45) is 0 Å². The van der Waals surface area contributed by atoms with Crippen LogP contribution in [-0.4, -0.2) is 17.5 Å². The molecular weight excluding hydrogens is 332 g/mol. The minimum atomic E-state index is -0.0293. The van der Waals surface area contributed by atoms with Crippen LogP contribution in [0.2, 0.25) is 0 Å². The second-order valence-corrected chi connectivity index (χ2v) is 5.75. The summed E-state index contributed by atoms with van der Waals surface area (Å²) in [4.78, 5) is 12.6. The van der Waals surface area contributed by atoms with Crippen LogP contribution in [0.1, 0.15) is 22.3 Å². The summed E-state index contributed by atoms with van der Waals surface area (Å²) in [6, 6.07) is 12.3. The molecule has 0 bridgehead atoms. The quantitative estimate of drug-likeness (QED) is 0.788. The fraction of sp³-hybridized carbons (Fsp3) is 0.118. The third-order valence-corrected chi connectivity index (χ3v) is 3.81. The smallest absolute Gasteiger partial charge is 0.192 e. The standard InChI is InChI=1S/C17H13BrO3/c18-13-4-5-15-16(10-13)21-7-6-12(17(15)20)8-11-2-1-3-14(19)9-11/h1-5,8-10,19H,6-7H2. The Morgan fingerprint density at radius 3 is 2.86 bits per heavy atom. The molecule has 1 aliphatic heterocycles. The summed E-state index contributed by atoms with van der Waals surface area (Å²) in [6.45, 7) is 0.458. The van der Waals surface area contributed by atoms with Gasteiger partial charge in [-0.2, -0.15) is 0 Å². The predicted molar refractivity (Wildman–Crippen MR) is 84.7 cm³/mol. The van der Waals surface area contributed by atoms with E-state index in [9.17, 15) is 9.90 Å². The molecule has 0 fully saturated rings. The number of phenolic OH excluding ortho intramolecular Hbond substituents is 1. The number of Topliss-reactive ketones (excluding diaryl/α,β-unsaturated/α-hetero) is 1. The summed E-state index contributed by atoms with van der Waals surface area (Å²) in [6.07, 6.45) is 2.35. The van der Waals surface area contributed by atoms with Crippen LogP contribution in [0, 0.1) is 0 Å². The van der Waals surface area contributed by atoms with Crippen LogP contribution in [0.4, 0.5) is 0 Å². The van der Waals surface area contributed by atoms with Gasteiger partial charge in [0.1, 0.15) is 11.5 Å². The highest BCUT2D eigenvalue weighted by Crippen LogP contribution is 2.30. The van der Waals surface area contributed by atoms with E-state index < -0.39 is 0 Å². The van der Waals surface area contributed by atoms with Crippen molar-refractivity contribution in [3.63, 3.8) is 0 Å². The molecule has 106 valence electrons. The zero-order valence-electron chi connectivity index (χ0n) is 11.2. The first kappa shape index (κ1) is 13.9. The number of benzene rings is 2. The molecule has 1 heterocycles. The number of halogens is 1. The molecule has 0 radical (unpaired) electrons. The van der Waals surface area contributed by atoms with E-state index in [1.54, 1.807) is 24.3 Å². The molecule has 0 aliphatic carbocycles. The molecule has 0 aromatic heterocycles. The molecule has 3 nitrogen and oxygen atoms in total. The Kier molecular flexibility index (Phi) is 3.80. The van der Waals surface area contributed by atoms with Gasteiger partial charge in [-0.3, -0.25) is 4.79 Å². The van der Waals surface area contributed by atoms with E-state index in [1.807, 2.05) is 24.3 Å². The first-order valence-corrected chi connectivity index (χ1v) is 7.39. The Labute approximate surface area is 131 Å². The van der Waals surface area contributed by atoms with E-state index in [1.165, 1.54) is 0 Å². The Morgan fingerprint density at radius 1 is 1.19 bits per heavy atom. The van der Waals surface area contributed by atoms with Crippen molar-refractivity contribution in [2.75, 3.05) is 6.61 Å². The number of rotatable bonds is 1. The Morgan fingerprint density at radius 2 is 2.05 bits per heavy atom. The normalized spacial score (nSPS) is 16.2. The highest BCUT2D eigenvalue weighted by atomic mass is 79.9. The van der Waals surface area contributed by atoms with Crippen molar-refractivity contribution < 1.29 is 14.6 Å². The van der Waals surface area contributed by atoms with Gasteiger partial charge in [-0.25, -0.2) is 0 Å². The van der Waals surface area contributed by atoms with Gasteiger partial charge < -0.3 is 9.84 Å². The van der Waals surface area contributed by atoms with Crippen molar-refractivity contribution in [2.45, 2.75) is 6.42 Å². The predicted octanol–water partition coefficient (Wildman–Crippen LogP) is 4.20. The second-order valence-electron chi connectivity index (χ2n) is 4.83. The maximum absolute atomic E-state index is 12.6. The van der Waals surface area contributed by atoms with Crippen molar-refractivity contribution >= 4 is 27.8 Å². The summed E-state index contributed by atoms with van der Waals surface area (Å²) < 4.78 is 6.53. The zero-order chi connectivity index (χ0) is 14.8. The third kappa shape index (κ3) is 3.00. The highest BCUT2D eigenvalue weighted by molar-refractivity contribution is 9.10. The number of phenols is 1. The molecule has 0 saturated carbocycles. The molecule has 2 aromatic carbocycles. The molecule has 0 saturated heterocycles. The maximum Gasteiger partial charge on any atom is 0.192 e. The number of hydrogen-bond acceptors (Lipinski definition) is 3. The van der Waals surface area contributed by atoms with Crippen LogP contribution in [0.15, 0.2) is 52.5 Å². The molecule has 0 unspecified atom stereocenters. The lowest BCUT2D eigenvalue weighted by atomic mass is 9.99. The largest absolute Gasteiger partial charge is 0.508 e. The van der Waals surface area contributed by atoms with Crippen LogP contribution in [0.3, 0.4) is 0 Å². The van der Waals surface area contributed by atoms with E-state index in [0.29, 0.717) is 29.9 Å². The summed E-state index contributed by atoms with van der Waals surface area (Å²) >= 11 is 3.38. The minimum absolute atomic E-state index is 0.0293. The molecule has 2 aromatic rings. The fourth-order valence-corrected chi connectivity index (χ4v) is 2.65. The maximum atomic E-state index is 12.6. The number of carbonyl (C=O) groups is 1. The topological polar surface area (TPSA) is 46.5 Å². The molecular formula is C17H13BrO3. The van der Waals surface area contributed by atoms with Gasteiger partial charge in [0.2, 0.25) is 0 Å². The van der Waals surface area contributed by atoms with Crippen LogP contribution in [0.5, 0.6) is 11.5 Å². The number of ether oxygens (including phenoxy) is 1. The summed E-state index contributed by atoms with van der Waals surface area (Å²) in [5, 5.41) is 9.51. The number of fused-ring (bicyclic) bond motifs is 1. The van der Waals surface area contributed by atoms with Crippen molar-refractivity contribution in [3.8, 4) is 11.5 Å². The number of ketones is 1. The van der Waals surface area contributed by atoms with Crippen LogP contribution in [0.25, 0.3) is 6.08 Å². The lowest BCUT2D eigenvalue weighted by molar-refractivity contribution is 0.103. The van der Waals surface area contributed by atoms with Crippen molar-refractivity contribution in [3.05, 3.63) is 63.6 Å². The molecule has 21 heavy (non-hydrogen) atoms. The van der Waals surface area contributed by atoms with Gasteiger partial charge in [0.05, 0.1) is 12.2 Å². The Balaban J connectivity index is 2.01. The molecule has 4 heteroatoms. The third-order valence-electron chi connectivity index (χ3n) is 3.32. The minimum Gasteiger partial charge on any atom is -0.508 e. The van der Waals surface area contributed by atoms with Gasteiger partial charge in [-0.15, -0.1) is 0 Å². The molecule has 1 aliphatic rings. The summed E-state index contributed by atoms with van der Waals surface area (Å²) in [7, 11) is 0. The lowest BCUT2D eigenvalue weighted by Crippen LogP contribution is -2.02. The SMILES string of the molecule is O=C1C(=Cc2cccc(O)c2)CCOc2cc(Br)ccc21. The number of hydrogen-bond donors (Lipinski definition) is 1. The van der Waals surface area contributed by atoms with E-state index >= 15 is 0 Å². The van der Waals surface area contributed by atoms with Crippen molar-refractivity contribution in [1.29, 1.82) is 0 Å². The van der Waals surface area contributed by atoms with E-state index in [2.05, 4.69) is 15.9 Å². The van der Waals surface area contributed by atoms with Gasteiger partial charge in [-0.05, 0) is 42.0 Å². The first-order chi connectivity index (χ1) is 10.1. The zero-order valence-corrected chi connectivity index (χ0v) is 12.8. The number of carbonyl (C=O) groups excluding carboxylic acids is 1. The molecule has 0 atom stereocenters. The van der Waals surface area contributed by atoms with E-state index in [4.69, 9.17) is 4.74 Å². The van der Waals surface area contributed by atoms with Gasteiger partial charge >= 0.3 is 0 Å². The molecule has 3 rings (SSSR count). The average molecular weight is 345 g/mol. The van der Waals surface area contributed by atoms with Gasteiger partial charge in [0.15, 0.2) is 5.78 Å². The molecule has 0 spiro atoms. The monoisotopic (exact) mass is 344 g/mol. The second kappa shape index (κ2) is 5.74.